The Labute approximate surface area is 90.5 Å². The van der Waals surface area contributed by atoms with Crippen molar-refractivity contribution >= 4 is 12.6 Å². The fourth-order valence-electron chi connectivity index (χ4n) is 2.31. The lowest BCUT2D eigenvalue weighted by Gasteiger charge is -2.20. The van der Waals surface area contributed by atoms with Gasteiger partial charge in [0.1, 0.15) is 0 Å². The van der Waals surface area contributed by atoms with Crippen molar-refractivity contribution in [3.05, 3.63) is 29.3 Å². The van der Waals surface area contributed by atoms with Gasteiger partial charge in [0.2, 0.25) is 0 Å². The largest absolute Gasteiger partial charge is 0.488 e. The lowest BCUT2D eigenvalue weighted by Crippen LogP contribution is -2.30. The van der Waals surface area contributed by atoms with E-state index >= 15 is 0 Å². The van der Waals surface area contributed by atoms with Crippen molar-refractivity contribution in [3.8, 4) is 0 Å². The van der Waals surface area contributed by atoms with Crippen molar-refractivity contribution in [2.24, 2.45) is 0 Å². The van der Waals surface area contributed by atoms with Crippen LogP contribution in [-0.2, 0) is 6.42 Å². The first-order chi connectivity index (χ1) is 7.09. The van der Waals surface area contributed by atoms with E-state index in [0.29, 0.717) is 11.5 Å². The van der Waals surface area contributed by atoms with Crippen LogP contribution in [0.1, 0.15) is 23.6 Å². The topological polar surface area (TPSA) is 43.7 Å². The Kier molecular flexibility index (Phi) is 2.82. The number of rotatable bonds is 2. The molecular formula is C11H16BNO2. The molecule has 4 heteroatoms. The van der Waals surface area contributed by atoms with Crippen LogP contribution in [-0.4, -0.2) is 36.2 Å². The van der Waals surface area contributed by atoms with E-state index < -0.39 is 7.12 Å². The van der Waals surface area contributed by atoms with E-state index in [1.165, 1.54) is 11.1 Å². The number of fused-ring (bicyclic) bond motifs is 1. The van der Waals surface area contributed by atoms with Crippen LogP contribution in [0.3, 0.4) is 0 Å². The van der Waals surface area contributed by atoms with Gasteiger partial charge in [0.25, 0.3) is 0 Å². The average Bonchev–Trinajstić information content (AvgIpc) is 2.59. The van der Waals surface area contributed by atoms with Crippen LogP contribution in [0.2, 0.25) is 0 Å². The second kappa shape index (κ2) is 3.97. The van der Waals surface area contributed by atoms with Crippen LogP contribution in [0.5, 0.6) is 0 Å². The summed E-state index contributed by atoms with van der Waals surface area (Å²) in [6, 6.07) is 6.20. The third-order valence-corrected chi connectivity index (χ3v) is 3.13. The van der Waals surface area contributed by atoms with Crippen molar-refractivity contribution in [2.45, 2.75) is 18.9 Å². The molecule has 3 nitrogen and oxygen atoms in total. The molecule has 2 rings (SSSR count). The summed E-state index contributed by atoms with van der Waals surface area (Å²) < 4.78 is 0. The minimum Gasteiger partial charge on any atom is -0.423 e. The summed E-state index contributed by atoms with van der Waals surface area (Å²) in [7, 11) is 2.80. The van der Waals surface area contributed by atoms with Crippen molar-refractivity contribution in [1.82, 2.24) is 4.90 Å². The maximum atomic E-state index is 9.08. The van der Waals surface area contributed by atoms with Crippen molar-refractivity contribution in [1.29, 1.82) is 0 Å². The molecule has 0 spiro atoms. The van der Waals surface area contributed by atoms with Crippen molar-refractivity contribution in [3.63, 3.8) is 0 Å². The Morgan fingerprint density at radius 3 is 2.67 bits per heavy atom. The molecule has 0 heterocycles. The van der Waals surface area contributed by atoms with Gasteiger partial charge < -0.3 is 14.9 Å². The Morgan fingerprint density at radius 2 is 2.07 bits per heavy atom. The van der Waals surface area contributed by atoms with E-state index in [1.807, 2.05) is 12.1 Å². The summed E-state index contributed by atoms with van der Waals surface area (Å²) in [6.07, 6.45) is 2.14. The van der Waals surface area contributed by atoms with E-state index in [1.54, 1.807) is 6.07 Å². The maximum absolute atomic E-state index is 9.08. The minimum absolute atomic E-state index is 0.477. The summed E-state index contributed by atoms with van der Waals surface area (Å²) in [5.41, 5.74) is 3.16. The highest BCUT2D eigenvalue weighted by atomic mass is 16.4. The van der Waals surface area contributed by atoms with Crippen molar-refractivity contribution < 1.29 is 10.0 Å². The first-order valence-corrected chi connectivity index (χ1v) is 5.25. The highest BCUT2D eigenvalue weighted by molar-refractivity contribution is 6.58. The fourth-order valence-corrected chi connectivity index (χ4v) is 2.31. The molecule has 0 saturated heterocycles. The van der Waals surface area contributed by atoms with Gasteiger partial charge in [-0.15, -0.1) is 0 Å². The summed E-state index contributed by atoms with van der Waals surface area (Å²) in [6.45, 7) is 0. The number of benzene rings is 1. The van der Waals surface area contributed by atoms with E-state index in [-0.39, 0.29) is 0 Å². The molecule has 0 bridgehead atoms. The van der Waals surface area contributed by atoms with Crippen LogP contribution in [0, 0.1) is 0 Å². The Bertz CT molecular complexity index is 366. The first kappa shape index (κ1) is 10.7. The van der Waals surface area contributed by atoms with E-state index in [0.717, 1.165) is 12.8 Å². The van der Waals surface area contributed by atoms with Crippen LogP contribution in [0.15, 0.2) is 18.2 Å². The average molecular weight is 205 g/mol. The zero-order valence-corrected chi connectivity index (χ0v) is 9.14. The standard InChI is InChI=1S/C11H16BNO2/c1-13(2)11-6-3-8-7-9(12(14)15)4-5-10(8)11/h4-5,7,11,14-15H,3,6H2,1-2H3. The van der Waals surface area contributed by atoms with E-state index in [4.69, 9.17) is 10.0 Å². The third kappa shape index (κ3) is 1.93. The van der Waals surface area contributed by atoms with Crippen LogP contribution in [0.4, 0.5) is 0 Å². The molecule has 0 aliphatic heterocycles. The number of aryl methyl sites for hydroxylation is 1. The summed E-state index contributed by atoms with van der Waals surface area (Å²) in [4.78, 5) is 2.21. The molecule has 0 aromatic heterocycles. The lowest BCUT2D eigenvalue weighted by molar-refractivity contribution is 0.299. The van der Waals surface area contributed by atoms with Crippen LogP contribution >= 0.6 is 0 Å². The molecule has 1 unspecified atom stereocenters. The molecule has 0 radical (unpaired) electrons. The number of hydrogen-bond acceptors (Lipinski definition) is 3. The normalized spacial score (nSPS) is 19.4. The van der Waals surface area contributed by atoms with Gasteiger partial charge in [-0.2, -0.15) is 0 Å². The lowest BCUT2D eigenvalue weighted by atomic mass is 9.79. The molecule has 1 atom stereocenters. The zero-order chi connectivity index (χ0) is 11.0. The molecule has 1 aromatic carbocycles. The highest BCUT2D eigenvalue weighted by Crippen LogP contribution is 2.33. The highest BCUT2D eigenvalue weighted by Gasteiger charge is 2.25. The molecule has 1 aliphatic carbocycles. The second-order valence-corrected chi connectivity index (χ2v) is 4.35. The molecule has 0 fully saturated rings. The van der Waals surface area contributed by atoms with Gasteiger partial charge in [-0.25, -0.2) is 0 Å². The molecule has 1 aliphatic rings. The SMILES string of the molecule is CN(C)C1CCc2cc(B(O)O)ccc21. The van der Waals surface area contributed by atoms with E-state index in [9.17, 15) is 0 Å². The zero-order valence-electron chi connectivity index (χ0n) is 9.14. The summed E-state index contributed by atoms with van der Waals surface area (Å²) in [5.74, 6) is 0. The molecule has 0 saturated carbocycles. The molecule has 2 N–H and O–H groups in total. The molecule has 15 heavy (non-hydrogen) atoms. The Morgan fingerprint density at radius 1 is 1.33 bits per heavy atom. The molecule has 1 aromatic rings. The van der Waals surface area contributed by atoms with Gasteiger partial charge in [-0.3, -0.25) is 0 Å². The quantitative estimate of drug-likeness (QED) is 0.663. The van der Waals surface area contributed by atoms with Gasteiger partial charge in [-0.05, 0) is 43.5 Å². The second-order valence-electron chi connectivity index (χ2n) is 4.35. The van der Waals surface area contributed by atoms with Gasteiger partial charge in [0.05, 0.1) is 0 Å². The van der Waals surface area contributed by atoms with Crippen LogP contribution in [0.25, 0.3) is 0 Å². The minimum atomic E-state index is -1.35. The van der Waals surface area contributed by atoms with Crippen LogP contribution < -0.4 is 5.46 Å². The predicted molar refractivity (Wildman–Crippen MR) is 61.0 cm³/mol. The predicted octanol–water partition coefficient (Wildman–Crippen LogP) is -0.0847. The molecule has 0 amide bonds. The Hall–Kier alpha value is -0.835. The summed E-state index contributed by atoms with van der Waals surface area (Å²) >= 11 is 0. The molecular weight excluding hydrogens is 189 g/mol. The Balaban J connectivity index is 2.33. The fraction of sp³-hybridized carbons (Fsp3) is 0.455. The first-order valence-electron chi connectivity index (χ1n) is 5.25. The number of nitrogens with zero attached hydrogens (tertiary/aromatic N) is 1. The van der Waals surface area contributed by atoms with E-state index in [2.05, 4.69) is 19.0 Å². The summed E-state index contributed by atoms with van der Waals surface area (Å²) in [5, 5.41) is 18.2. The van der Waals surface area contributed by atoms with Gasteiger partial charge in [0.15, 0.2) is 0 Å². The van der Waals surface area contributed by atoms with Gasteiger partial charge in [-0.1, -0.05) is 18.2 Å². The van der Waals surface area contributed by atoms with Gasteiger partial charge in [0, 0.05) is 6.04 Å². The molecule has 80 valence electrons. The van der Waals surface area contributed by atoms with Crippen molar-refractivity contribution in [2.75, 3.05) is 14.1 Å². The maximum Gasteiger partial charge on any atom is 0.488 e. The monoisotopic (exact) mass is 205 g/mol. The van der Waals surface area contributed by atoms with Gasteiger partial charge >= 0.3 is 7.12 Å². The number of hydrogen-bond donors (Lipinski definition) is 2. The third-order valence-electron chi connectivity index (χ3n) is 3.13. The smallest absolute Gasteiger partial charge is 0.423 e.